The number of hydrogen-bond acceptors (Lipinski definition) is 5. The Labute approximate surface area is 156 Å². The second-order valence-corrected chi connectivity index (χ2v) is 7.72. The quantitative estimate of drug-likeness (QED) is 0.858. The van der Waals surface area contributed by atoms with Gasteiger partial charge in [0.15, 0.2) is 0 Å². The van der Waals surface area contributed by atoms with Gasteiger partial charge in [-0.25, -0.2) is 8.42 Å². The van der Waals surface area contributed by atoms with Crippen molar-refractivity contribution in [2.24, 2.45) is 0 Å². The van der Waals surface area contributed by atoms with Gasteiger partial charge >= 0.3 is 0 Å². The molecule has 3 rings (SSSR count). The summed E-state index contributed by atoms with van der Waals surface area (Å²) in [6.07, 6.45) is 0. The van der Waals surface area contributed by atoms with Gasteiger partial charge in [0.25, 0.3) is 10.0 Å². The van der Waals surface area contributed by atoms with Gasteiger partial charge in [0.1, 0.15) is 18.1 Å². The molecule has 0 radical (unpaired) electrons. The molecule has 1 aliphatic rings. The van der Waals surface area contributed by atoms with Gasteiger partial charge in [0, 0.05) is 11.9 Å². The van der Waals surface area contributed by atoms with E-state index in [2.05, 4.69) is 4.72 Å². The van der Waals surface area contributed by atoms with E-state index in [1.54, 1.807) is 12.1 Å². The summed E-state index contributed by atoms with van der Waals surface area (Å²) in [7, 11) is -2.49. The Kier molecular flexibility index (Phi) is 4.97. The number of rotatable bonds is 4. The summed E-state index contributed by atoms with van der Waals surface area (Å²) in [6, 6.07) is 8.99. The summed E-state index contributed by atoms with van der Waals surface area (Å²) < 4.78 is 38.7. The number of ether oxygens (including phenoxy) is 2. The van der Waals surface area contributed by atoms with E-state index in [0.717, 1.165) is 0 Å². The predicted octanol–water partition coefficient (Wildman–Crippen LogP) is 2.89. The predicted molar refractivity (Wildman–Crippen MR) is 98.8 cm³/mol. The van der Waals surface area contributed by atoms with Crippen LogP contribution in [-0.4, -0.2) is 34.6 Å². The fourth-order valence-corrected chi connectivity index (χ4v) is 3.91. The topological polar surface area (TPSA) is 84.9 Å². The van der Waals surface area contributed by atoms with E-state index in [4.69, 9.17) is 21.1 Å². The number of carbonyl (C=O) groups excluding carboxylic acids is 1. The van der Waals surface area contributed by atoms with Crippen LogP contribution in [0.3, 0.4) is 0 Å². The standard InChI is InChI=1S/C17H17ClN2O5S/c1-11(21)20-7-8-25-17-6-4-13(10-15(17)20)26(22,23)19-14-9-12(18)3-5-16(14)24-2/h3-6,9-10,19H,7-8H2,1-2H3. The van der Waals surface area contributed by atoms with Crippen molar-refractivity contribution in [2.75, 3.05) is 29.9 Å². The summed E-state index contributed by atoms with van der Waals surface area (Å²) in [4.78, 5) is 13.3. The molecule has 0 fully saturated rings. The van der Waals surface area contributed by atoms with Crippen LogP contribution >= 0.6 is 11.6 Å². The van der Waals surface area contributed by atoms with Crippen molar-refractivity contribution >= 4 is 38.9 Å². The summed E-state index contributed by atoms with van der Waals surface area (Å²) in [5.74, 6) is 0.615. The van der Waals surface area contributed by atoms with Crippen LogP contribution in [0.15, 0.2) is 41.3 Å². The molecular formula is C17H17ClN2O5S. The summed E-state index contributed by atoms with van der Waals surface area (Å²) >= 11 is 5.95. The summed E-state index contributed by atoms with van der Waals surface area (Å²) in [5, 5.41) is 0.366. The van der Waals surface area contributed by atoms with Gasteiger partial charge in [-0.2, -0.15) is 0 Å². The number of nitrogens with zero attached hydrogens (tertiary/aromatic N) is 1. The lowest BCUT2D eigenvalue weighted by Crippen LogP contribution is -2.36. The second-order valence-electron chi connectivity index (χ2n) is 5.60. The molecule has 0 aromatic heterocycles. The van der Waals surface area contributed by atoms with Gasteiger partial charge in [-0.05, 0) is 36.4 Å². The van der Waals surface area contributed by atoms with Crippen molar-refractivity contribution in [1.82, 2.24) is 0 Å². The van der Waals surface area contributed by atoms with Crippen LogP contribution in [0, 0.1) is 0 Å². The minimum atomic E-state index is -3.93. The Morgan fingerprint density at radius 1 is 1.27 bits per heavy atom. The zero-order valence-electron chi connectivity index (χ0n) is 14.2. The van der Waals surface area contributed by atoms with E-state index in [0.29, 0.717) is 35.4 Å². The molecule has 0 atom stereocenters. The lowest BCUT2D eigenvalue weighted by atomic mass is 10.2. The molecule has 1 N–H and O–H groups in total. The van der Waals surface area contributed by atoms with Crippen LogP contribution < -0.4 is 19.1 Å². The molecule has 0 saturated carbocycles. The van der Waals surface area contributed by atoms with E-state index in [1.807, 2.05) is 0 Å². The van der Waals surface area contributed by atoms with E-state index >= 15 is 0 Å². The van der Waals surface area contributed by atoms with Crippen LogP contribution in [0.4, 0.5) is 11.4 Å². The van der Waals surface area contributed by atoms with Crippen molar-refractivity contribution in [1.29, 1.82) is 0 Å². The molecule has 2 aromatic rings. The monoisotopic (exact) mass is 396 g/mol. The zero-order chi connectivity index (χ0) is 18.9. The van der Waals surface area contributed by atoms with Crippen LogP contribution in [0.2, 0.25) is 5.02 Å². The second kappa shape index (κ2) is 7.05. The van der Waals surface area contributed by atoms with Crippen molar-refractivity contribution in [2.45, 2.75) is 11.8 Å². The Bertz CT molecular complexity index is 962. The first-order valence-corrected chi connectivity index (χ1v) is 9.59. The highest BCUT2D eigenvalue weighted by Gasteiger charge is 2.25. The first kappa shape index (κ1) is 18.3. The number of hydrogen-bond donors (Lipinski definition) is 1. The Morgan fingerprint density at radius 2 is 2.04 bits per heavy atom. The van der Waals surface area contributed by atoms with Crippen molar-refractivity contribution in [3.8, 4) is 11.5 Å². The van der Waals surface area contributed by atoms with Gasteiger partial charge in [-0.1, -0.05) is 11.6 Å². The summed E-state index contributed by atoms with van der Waals surface area (Å²) in [6.45, 7) is 2.14. The van der Waals surface area contributed by atoms with Crippen LogP contribution in [0.25, 0.3) is 0 Å². The fraction of sp³-hybridized carbons (Fsp3) is 0.235. The number of methoxy groups -OCH3 is 1. The van der Waals surface area contributed by atoms with Crippen molar-refractivity contribution in [3.63, 3.8) is 0 Å². The molecule has 1 heterocycles. The molecular weight excluding hydrogens is 380 g/mol. The maximum atomic E-state index is 12.8. The number of carbonyl (C=O) groups is 1. The van der Waals surface area contributed by atoms with E-state index < -0.39 is 10.0 Å². The molecule has 0 bridgehead atoms. The third-order valence-corrected chi connectivity index (χ3v) is 5.49. The average molecular weight is 397 g/mol. The smallest absolute Gasteiger partial charge is 0.262 e. The Balaban J connectivity index is 1.99. The first-order valence-electron chi connectivity index (χ1n) is 7.73. The Hall–Kier alpha value is -2.45. The third-order valence-electron chi connectivity index (χ3n) is 3.89. The minimum absolute atomic E-state index is 0.00460. The van der Waals surface area contributed by atoms with Crippen molar-refractivity contribution in [3.05, 3.63) is 41.4 Å². The van der Waals surface area contributed by atoms with Gasteiger partial charge in [0.2, 0.25) is 5.91 Å². The molecule has 2 aromatic carbocycles. The largest absolute Gasteiger partial charge is 0.495 e. The van der Waals surface area contributed by atoms with E-state index in [9.17, 15) is 13.2 Å². The molecule has 26 heavy (non-hydrogen) atoms. The molecule has 0 saturated heterocycles. The highest BCUT2D eigenvalue weighted by Crippen LogP contribution is 2.35. The molecule has 1 aliphatic heterocycles. The number of halogens is 1. The van der Waals surface area contributed by atoms with Gasteiger partial charge in [-0.3, -0.25) is 9.52 Å². The molecule has 0 unspecified atom stereocenters. The number of anilines is 2. The highest BCUT2D eigenvalue weighted by atomic mass is 35.5. The van der Waals surface area contributed by atoms with Crippen LogP contribution in [0.5, 0.6) is 11.5 Å². The number of nitrogens with one attached hydrogen (secondary N) is 1. The maximum absolute atomic E-state index is 12.8. The zero-order valence-corrected chi connectivity index (χ0v) is 15.7. The lowest BCUT2D eigenvalue weighted by molar-refractivity contribution is -0.116. The average Bonchev–Trinajstić information content (AvgIpc) is 2.60. The lowest BCUT2D eigenvalue weighted by Gasteiger charge is -2.29. The highest BCUT2D eigenvalue weighted by molar-refractivity contribution is 7.92. The SMILES string of the molecule is COc1ccc(Cl)cc1NS(=O)(=O)c1ccc2c(c1)N(C(C)=O)CCO2. The van der Waals surface area contributed by atoms with Crippen LogP contribution in [-0.2, 0) is 14.8 Å². The van der Waals surface area contributed by atoms with Gasteiger partial charge < -0.3 is 14.4 Å². The first-order chi connectivity index (χ1) is 12.3. The Morgan fingerprint density at radius 3 is 2.73 bits per heavy atom. The minimum Gasteiger partial charge on any atom is -0.495 e. The molecule has 0 spiro atoms. The normalized spacial score (nSPS) is 13.6. The summed E-state index contributed by atoms with van der Waals surface area (Å²) in [5.41, 5.74) is 0.641. The van der Waals surface area contributed by atoms with Gasteiger partial charge in [0.05, 0.1) is 29.9 Å². The van der Waals surface area contributed by atoms with E-state index in [1.165, 1.54) is 43.2 Å². The number of amides is 1. The van der Waals surface area contributed by atoms with Crippen LogP contribution in [0.1, 0.15) is 6.92 Å². The third kappa shape index (κ3) is 3.56. The number of sulfonamides is 1. The molecule has 0 aliphatic carbocycles. The molecule has 7 nitrogen and oxygen atoms in total. The molecule has 138 valence electrons. The number of benzene rings is 2. The molecule has 1 amide bonds. The van der Waals surface area contributed by atoms with E-state index in [-0.39, 0.29) is 16.5 Å². The fourth-order valence-electron chi connectivity index (χ4n) is 2.66. The van der Waals surface area contributed by atoms with Gasteiger partial charge in [-0.15, -0.1) is 0 Å². The van der Waals surface area contributed by atoms with Crippen molar-refractivity contribution < 1.29 is 22.7 Å². The number of fused-ring (bicyclic) bond motifs is 1. The maximum Gasteiger partial charge on any atom is 0.262 e. The molecule has 9 heteroatoms.